The molecular weight excluding hydrogens is 147 g/mol. The summed E-state index contributed by atoms with van der Waals surface area (Å²) in [7, 11) is 0. The third-order valence-electron chi connectivity index (χ3n) is 1.78. The van der Waals surface area contributed by atoms with Gasteiger partial charge in [0.1, 0.15) is 5.82 Å². The molecule has 0 bridgehead atoms. The molecule has 2 rings (SSSR count). The lowest BCUT2D eigenvalue weighted by Gasteiger charge is -2.01. The highest BCUT2D eigenvalue weighted by Crippen LogP contribution is 2.35. The fourth-order valence-corrected chi connectivity index (χ4v) is 1.24. The third kappa shape index (κ3) is 0.843. The van der Waals surface area contributed by atoms with Crippen molar-refractivity contribution in [2.75, 3.05) is 6.61 Å². The molecule has 0 saturated heterocycles. The summed E-state index contributed by atoms with van der Waals surface area (Å²) in [5.74, 6) is 0.0409. The minimum atomic E-state index is -0.296. The standard InChI is InChI=1S/C8H7FO2/c9-6-1-2-7(10)8-5(6)3-4-11-8/h1-2,10H,3-4H2. The minimum Gasteiger partial charge on any atom is -0.504 e. The highest BCUT2D eigenvalue weighted by atomic mass is 19.1. The lowest BCUT2D eigenvalue weighted by Crippen LogP contribution is -1.86. The second kappa shape index (κ2) is 2.12. The van der Waals surface area contributed by atoms with Crippen molar-refractivity contribution in [3.05, 3.63) is 23.5 Å². The van der Waals surface area contributed by atoms with Crippen molar-refractivity contribution >= 4 is 0 Å². The fourth-order valence-electron chi connectivity index (χ4n) is 1.24. The van der Waals surface area contributed by atoms with Crippen LogP contribution in [0.5, 0.6) is 11.5 Å². The van der Waals surface area contributed by atoms with Gasteiger partial charge in [-0.05, 0) is 12.1 Å². The van der Waals surface area contributed by atoms with Gasteiger partial charge in [-0.15, -0.1) is 0 Å². The average Bonchev–Trinajstić information content (AvgIpc) is 2.45. The highest BCUT2D eigenvalue weighted by Gasteiger charge is 2.19. The molecule has 3 heteroatoms. The van der Waals surface area contributed by atoms with E-state index in [0.29, 0.717) is 24.3 Å². The fraction of sp³-hybridized carbons (Fsp3) is 0.250. The number of halogens is 1. The Morgan fingerprint density at radius 2 is 2.27 bits per heavy atom. The Kier molecular flexibility index (Phi) is 1.24. The Bertz CT molecular complexity index is 267. The van der Waals surface area contributed by atoms with Gasteiger partial charge in [-0.1, -0.05) is 0 Å². The molecule has 0 unspecified atom stereocenters. The largest absolute Gasteiger partial charge is 0.504 e. The van der Waals surface area contributed by atoms with Crippen LogP contribution >= 0.6 is 0 Å². The van der Waals surface area contributed by atoms with E-state index in [2.05, 4.69) is 0 Å². The number of hydrogen-bond donors (Lipinski definition) is 1. The number of phenolic OH excluding ortho intramolecular Hbond substituents is 1. The number of ether oxygens (including phenoxy) is 1. The predicted octanol–water partition coefficient (Wildman–Crippen LogP) is 1.47. The summed E-state index contributed by atoms with van der Waals surface area (Å²) >= 11 is 0. The molecule has 0 saturated carbocycles. The molecule has 0 spiro atoms. The first kappa shape index (κ1) is 6.46. The van der Waals surface area contributed by atoms with Gasteiger partial charge in [0.25, 0.3) is 0 Å². The van der Waals surface area contributed by atoms with Gasteiger partial charge in [-0.25, -0.2) is 4.39 Å². The van der Waals surface area contributed by atoms with E-state index in [4.69, 9.17) is 9.84 Å². The Hall–Kier alpha value is -1.25. The maximum absolute atomic E-state index is 12.9. The number of hydrogen-bond acceptors (Lipinski definition) is 2. The summed E-state index contributed by atoms with van der Waals surface area (Å²) in [5.41, 5.74) is 0.491. The van der Waals surface area contributed by atoms with Crippen molar-refractivity contribution in [1.29, 1.82) is 0 Å². The number of benzene rings is 1. The molecule has 1 aliphatic rings. The van der Waals surface area contributed by atoms with Crippen molar-refractivity contribution in [3.8, 4) is 11.5 Å². The lowest BCUT2D eigenvalue weighted by atomic mass is 10.1. The van der Waals surface area contributed by atoms with Gasteiger partial charge in [0.2, 0.25) is 0 Å². The van der Waals surface area contributed by atoms with E-state index < -0.39 is 0 Å². The van der Waals surface area contributed by atoms with Crippen LogP contribution in [0.4, 0.5) is 4.39 Å². The molecule has 1 heterocycles. The summed E-state index contributed by atoms with van der Waals surface area (Å²) in [6.45, 7) is 0.462. The van der Waals surface area contributed by atoms with E-state index in [9.17, 15) is 4.39 Å². The first-order chi connectivity index (χ1) is 5.29. The van der Waals surface area contributed by atoms with Crippen molar-refractivity contribution in [2.24, 2.45) is 0 Å². The zero-order valence-corrected chi connectivity index (χ0v) is 5.80. The zero-order valence-electron chi connectivity index (χ0n) is 5.80. The van der Waals surface area contributed by atoms with Crippen LogP contribution < -0.4 is 4.74 Å². The molecular formula is C8H7FO2. The Balaban J connectivity index is 2.64. The lowest BCUT2D eigenvalue weighted by molar-refractivity contribution is 0.334. The van der Waals surface area contributed by atoms with E-state index in [-0.39, 0.29) is 11.6 Å². The first-order valence-corrected chi connectivity index (χ1v) is 3.42. The normalized spacial score (nSPS) is 14.3. The van der Waals surface area contributed by atoms with Crippen molar-refractivity contribution in [1.82, 2.24) is 0 Å². The first-order valence-electron chi connectivity index (χ1n) is 3.42. The van der Waals surface area contributed by atoms with E-state index >= 15 is 0 Å². The number of phenols is 1. The maximum Gasteiger partial charge on any atom is 0.167 e. The minimum absolute atomic E-state index is 0.0268. The maximum atomic E-state index is 12.9. The van der Waals surface area contributed by atoms with Gasteiger partial charge in [-0.2, -0.15) is 0 Å². The molecule has 0 aliphatic carbocycles. The topological polar surface area (TPSA) is 29.5 Å². The molecule has 0 radical (unpaired) electrons. The summed E-state index contributed by atoms with van der Waals surface area (Å²) in [5, 5.41) is 9.16. The smallest absolute Gasteiger partial charge is 0.167 e. The van der Waals surface area contributed by atoms with Gasteiger partial charge >= 0.3 is 0 Å². The van der Waals surface area contributed by atoms with Gasteiger partial charge in [0.15, 0.2) is 11.5 Å². The molecule has 1 aromatic carbocycles. The molecule has 1 aromatic rings. The Morgan fingerprint density at radius 3 is 3.00 bits per heavy atom. The molecule has 1 aliphatic heterocycles. The SMILES string of the molecule is Oc1ccc(F)c2c1OCC2. The quantitative estimate of drug-likeness (QED) is 0.613. The molecule has 0 atom stereocenters. The van der Waals surface area contributed by atoms with Crippen LogP contribution in [0.15, 0.2) is 12.1 Å². The zero-order chi connectivity index (χ0) is 7.84. The molecule has 58 valence electrons. The predicted molar refractivity (Wildman–Crippen MR) is 37.3 cm³/mol. The summed E-state index contributed by atoms with van der Waals surface area (Å²) in [4.78, 5) is 0. The van der Waals surface area contributed by atoms with Crippen molar-refractivity contribution in [3.63, 3.8) is 0 Å². The van der Waals surface area contributed by atoms with Gasteiger partial charge < -0.3 is 9.84 Å². The monoisotopic (exact) mass is 154 g/mol. The Morgan fingerprint density at radius 1 is 1.45 bits per heavy atom. The van der Waals surface area contributed by atoms with Crippen molar-refractivity contribution < 1.29 is 14.2 Å². The van der Waals surface area contributed by atoms with E-state index in [0.717, 1.165) is 0 Å². The second-order valence-corrected chi connectivity index (χ2v) is 2.47. The average molecular weight is 154 g/mol. The third-order valence-corrected chi connectivity index (χ3v) is 1.78. The summed E-state index contributed by atoms with van der Waals surface area (Å²) in [6.07, 6.45) is 0.551. The van der Waals surface area contributed by atoms with Crippen LogP contribution in [0.3, 0.4) is 0 Å². The molecule has 0 aromatic heterocycles. The molecule has 2 nitrogen and oxygen atoms in total. The van der Waals surface area contributed by atoms with Gasteiger partial charge in [-0.3, -0.25) is 0 Å². The van der Waals surface area contributed by atoms with Crippen LogP contribution in [0.25, 0.3) is 0 Å². The van der Waals surface area contributed by atoms with Crippen LogP contribution in [0.1, 0.15) is 5.56 Å². The van der Waals surface area contributed by atoms with Crippen LogP contribution in [0, 0.1) is 5.82 Å². The Labute approximate surface area is 63.2 Å². The number of fused-ring (bicyclic) bond motifs is 1. The molecule has 1 N–H and O–H groups in total. The van der Waals surface area contributed by atoms with E-state index in [1.165, 1.54) is 12.1 Å². The van der Waals surface area contributed by atoms with E-state index in [1.807, 2.05) is 0 Å². The van der Waals surface area contributed by atoms with Gasteiger partial charge in [0, 0.05) is 12.0 Å². The number of rotatable bonds is 0. The van der Waals surface area contributed by atoms with Crippen LogP contribution in [0.2, 0.25) is 0 Å². The van der Waals surface area contributed by atoms with E-state index in [1.54, 1.807) is 0 Å². The van der Waals surface area contributed by atoms with Crippen molar-refractivity contribution in [2.45, 2.75) is 6.42 Å². The molecule has 0 amide bonds. The van der Waals surface area contributed by atoms with Gasteiger partial charge in [0.05, 0.1) is 6.61 Å². The molecule has 11 heavy (non-hydrogen) atoms. The number of aromatic hydroxyl groups is 1. The molecule has 0 fully saturated rings. The second-order valence-electron chi connectivity index (χ2n) is 2.47. The summed E-state index contributed by atoms with van der Waals surface area (Å²) in [6, 6.07) is 2.56. The highest BCUT2D eigenvalue weighted by molar-refractivity contribution is 5.48. The van der Waals surface area contributed by atoms with Crippen LogP contribution in [-0.4, -0.2) is 11.7 Å². The summed E-state index contributed by atoms with van der Waals surface area (Å²) < 4.78 is 17.9. The van der Waals surface area contributed by atoms with Crippen LogP contribution in [-0.2, 0) is 6.42 Å².